The zero-order chi connectivity index (χ0) is 17.3. The third kappa shape index (κ3) is 3.75. The van der Waals surface area contributed by atoms with Gasteiger partial charge in [-0.2, -0.15) is 0 Å². The molecule has 0 unspecified atom stereocenters. The van der Waals surface area contributed by atoms with E-state index >= 15 is 0 Å². The minimum atomic E-state index is -0.483. The fourth-order valence-electron chi connectivity index (χ4n) is 2.92. The van der Waals surface area contributed by atoms with Crippen molar-refractivity contribution >= 4 is 34.4 Å². The lowest BCUT2D eigenvalue weighted by molar-refractivity contribution is 0.0206. The Morgan fingerprint density at radius 1 is 1.50 bits per heavy atom. The first-order valence-corrected chi connectivity index (χ1v) is 8.57. The number of piperidine rings is 1. The van der Waals surface area contributed by atoms with Crippen molar-refractivity contribution in [1.29, 1.82) is 0 Å². The fraction of sp³-hybridized carbons (Fsp3) is 0.529. The first-order chi connectivity index (χ1) is 11.3. The maximum Gasteiger partial charge on any atom is 0.410 e. The number of pyridine rings is 1. The highest BCUT2D eigenvalue weighted by Crippen LogP contribution is 2.31. The number of rotatable bonds is 2. The highest BCUT2D eigenvalue weighted by Gasteiger charge is 2.28. The molecule has 0 aromatic carbocycles. The van der Waals surface area contributed by atoms with Gasteiger partial charge in [-0.05, 0) is 39.7 Å². The van der Waals surface area contributed by atoms with E-state index in [1.165, 1.54) is 0 Å². The van der Waals surface area contributed by atoms with Crippen LogP contribution in [-0.4, -0.2) is 45.7 Å². The van der Waals surface area contributed by atoms with Crippen LogP contribution < -0.4 is 5.32 Å². The number of fused-ring (bicyclic) bond motifs is 1. The zero-order valence-corrected chi connectivity index (χ0v) is 15.0. The summed E-state index contributed by atoms with van der Waals surface area (Å²) >= 11 is 6.32. The van der Waals surface area contributed by atoms with Gasteiger partial charge in [0.25, 0.3) is 0 Å². The Morgan fingerprint density at radius 3 is 3.04 bits per heavy atom. The van der Waals surface area contributed by atoms with Gasteiger partial charge in [0.05, 0.1) is 16.9 Å². The largest absolute Gasteiger partial charge is 0.444 e. The van der Waals surface area contributed by atoms with Crippen LogP contribution >= 0.6 is 11.6 Å². The van der Waals surface area contributed by atoms with Crippen LogP contribution in [0.4, 0.5) is 10.5 Å². The Balaban J connectivity index is 1.72. The molecule has 24 heavy (non-hydrogen) atoms. The lowest BCUT2D eigenvalue weighted by Crippen LogP contribution is -2.47. The van der Waals surface area contributed by atoms with Gasteiger partial charge in [0, 0.05) is 30.7 Å². The highest BCUT2D eigenvalue weighted by molar-refractivity contribution is 6.34. The molecule has 2 N–H and O–H groups in total. The number of hydrogen-bond donors (Lipinski definition) is 2. The van der Waals surface area contributed by atoms with Crippen LogP contribution in [0.2, 0.25) is 5.02 Å². The molecule has 2 aromatic heterocycles. The van der Waals surface area contributed by atoms with Crippen molar-refractivity contribution in [3.63, 3.8) is 0 Å². The minimum absolute atomic E-state index is 0.129. The molecule has 0 spiro atoms. The standard InChI is InChI=1S/C17H23ClN4O2/c1-17(2,3)24-16(23)22-8-4-5-11(10-22)21-14-12-6-7-19-15(12)20-9-13(14)18/h6-7,9,11H,4-5,8,10H2,1-3H3,(H2,19,20,21)/t11-/m1/s1. The number of H-pyrrole nitrogens is 1. The number of ether oxygens (including phenoxy) is 1. The van der Waals surface area contributed by atoms with Crippen molar-refractivity contribution in [2.45, 2.75) is 45.3 Å². The van der Waals surface area contributed by atoms with Crippen molar-refractivity contribution < 1.29 is 9.53 Å². The molecule has 130 valence electrons. The monoisotopic (exact) mass is 350 g/mol. The van der Waals surface area contributed by atoms with Crippen molar-refractivity contribution in [3.8, 4) is 0 Å². The summed E-state index contributed by atoms with van der Waals surface area (Å²) in [6.45, 7) is 6.95. The topological polar surface area (TPSA) is 70.2 Å². The highest BCUT2D eigenvalue weighted by atomic mass is 35.5. The number of halogens is 1. The average Bonchev–Trinajstić information content (AvgIpc) is 2.97. The SMILES string of the molecule is CC(C)(C)OC(=O)N1CCC[C@@H](Nc2c(Cl)cnc3[nH]ccc23)C1. The van der Waals surface area contributed by atoms with Crippen LogP contribution in [0.5, 0.6) is 0 Å². The summed E-state index contributed by atoms with van der Waals surface area (Å²) in [5.74, 6) is 0. The van der Waals surface area contributed by atoms with E-state index in [0.717, 1.165) is 36.1 Å². The molecule has 1 aliphatic rings. The van der Waals surface area contributed by atoms with E-state index in [-0.39, 0.29) is 12.1 Å². The fourth-order valence-corrected chi connectivity index (χ4v) is 3.13. The molecule has 0 aliphatic carbocycles. The van der Waals surface area contributed by atoms with Gasteiger partial charge < -0.3 is 19.9 Å². The van der Waals surface area contributed by atoms with Crippen molar-refractivity contribution in [2.24, 2.45) is 0 Å². The molecule has 0 radical (unpaired) electrons. The van der Waals surface area contributed by atoms with Crippen molar-refractivity contribution in [3.05, 3.63) is 23.5 Å². The Hall–Kier alpha value is -1.95. The molecular formula is C17H23ClN4O2. The summed E-state index contributed by atoms with van der Waals surface area (Å²) in [5, 5.41) is 5.02. The van der Waals surface area contributed by atoms with Gasteiger partial charge in [0.15, 0.2) is 0 Å². The van der Waals surface area contributed by atoms with Gasteiger partial charge >= 0.3 is 6.09 Å². The molecular weight excluding hydrogens is 328 g/mol. The van der Waals surface area contributed by atoms with Gasteiger partial charge in [-0.3, -0.25) is 0 Å². The predicted molar refractivity (Wildman–Crippen MR) is 95.6 cm³/mol. The number of carbonyl (C=O) groups excluding carboxylic acids is 1. The summed E-state index contributed by atoms with van der Waals surface area (Å²) in [6, 6.07) is 2.08. The Kier molecular flexibility index (Phi) is 4.58. The molecule has 0 bridgehead atoms. The van der Waals surface area contributed by atoms with Crippen molar-refractivity contribution in [1.82, 2.24) is 14.9 Å². The number of nitrogens with one attached hydrogen (secondary N) is 2. The normalized spacial score (nSPS) is 18.7. The van der Waals surface area contributed by atoms with Gasteiger partial charge in [-0.25, -0.2) is 9.78 Å². The van der Waals surface area contributed by atoms with E-state index in [2.05, 4.69) is 15.3 Å². The van der Waals surface area contributed by atoms with Crippen LogP contribution in [0, 0.1) is 0 Å². The Labute approximate surface area is 146 Å². The maximum absolute atomic E-state index is 12.3. The number of likely N-dealkylation sites (tertiary alicyclic amines) is 1. The first-order valence-electron chi connectivity index (χ1n) is 8.19. The third-order valence-corrected chi connectivity index (χ3v) is 4.25. The van der Waals surface area contributed by atoms with E-state index in [1.54, 1.807) is 11.1 Å². The third-order valence-electron chi connectivity index (χ3n) is 3.96. The lowest BCUT2D eigenvalue weighted by atomic mass is 10.1. The van der Waals surface area contributed by atoms with Crippen LogP contribution in [0.1, 0.15) is 33.6 Å². The smallest absolute Gasteiger partial charge is 0.410 e. The molecule has 6 nitrogen and oxygen atoms in total. The minimum Gasteiger partial charge on any atom is -0.444 e. The molecule has 1 fully saturated rings. The second-order valence-electron chi connectivity index (χ2n) is 7.13. The van der Waals surface area contributed by atoms with Gasteiger partial charge in [-0.15, -0.1) is 0 Å². The quantitative estimate of drug-likeness (QED) is 0.857. The second-order valence-corrected chi connectivity index (χ2v) is 7.54. The van der Waals surface area contributed by atoms with E-state index in [9.17, 15) is 4.79 Å². The Bertz CT molecular complexity index is 738. The number of aromatic amines is 1. The molecule has 2 aromatic rings. The number of anilines is 1. The van der Waals surface area contributed by atoms with Crippen molar-refractivity contribution in [2.75, 3.05) is 18.4 Å². The molecule has 1 aliphatic heterocycles. The lowest BCUT2D eigenvalue weighted by Gasteiger charge is -2.35. The van der Waals surface area contributed by atoms with Gasteiger partial charge in [0.1, 0.15) is 11.2 Å². The van der Waals surface area contributed by atoms with E-state index < -0.39 is 5.60 Å². The zero-order valence-electron chi connectivity index (χ0n) is 14.2. The molecule has 1 atom stereocenters. The molecule has 7 heteroatoms. The predicted octanol–water partition coefficient (Wildman–Crippen LogP) is 4.03. The van der Waals surface area contributed by atoms with Crippen LogP contribution in [0.15, 0.2) is 18.5 Å². The molecule has 1 amide bonds. The number of amides is 1. The van der Waals surface area contributed by atoms with Gasteiger partial charge in [0.2, 0.25) is 0 Å². The molecule has 3 heterocycles. The summed E-state index contributed by atoms with van der Waals surface area (Å²) in [6.07, 6.45) is 5.12. The number of aromatic nitrogens is 2. The van der Waals surface area contributed by atoms with Crippen LogP contribution in [0.25, 0.3) is 11.0 Å². The molecule has 0 saturated carbocycles. The van der Waals surface area contributed by atoms with E-state index in [4.69, 9.17) is 16.3 Å². The second kappa shape index (κ2) is 6.51. The molecule has 3 rings (SSSR count). The summed E-state index contributed by atoms with van der Waals surface area (Å²) in [5.41, 5.74) is 1.17. The average molecular weight is 351 g/mol. The van der Waals surface area contributed by atoms with E-state index in [0.29, 0.717) is 11.6 Å². The number of hydrogen-bond acceptors (Lipinski definition) is 4. The maximum atomic E-state index is 12.3. The number of nitrogens with zero attached hydrogens (tertiary/aromatic N) is 2. The summed E-state index contributed by atoms with van der Waals surface area (Å²) in [4.78, 5) is 21.4. The van der Waals surface area contributed by atoms with Gasteiger partial charge in [-0.1, -0.05) is 11.6 Å². The molecule has 1 saturated heterocycles. The van der Waals surface area contributed by atoms with Crippen LogP contribution in [0.3, 0.4) is 0 Å². The summed E-state index contributed by atoms with van der Waals surface area (Å²) < 4.78 is 5.48. The van der Waals surface area contributed by atoms with Crippen LogP contribution in [-0.2, 0) is 4.74 Å². The first kappa shape index (κ1) is 16.9. The summed E-state index contributed by atoms with van der Waals surface area (Å²) in [7, 11) is 0. The Morgan fingerprint density at radius 2 is 2.29 bits per heavy atom. The number of carbonyl (C=O) groups is 1. The van der Waals surface area contributed by atoms with E-state index in [1.807, 2.05) is 33.0 Å².